The zero-order valence-electron chi connectivity index (χ0n) is 16.5. The van der Waals surface area contributed by atoms with E-state index in [4.69, 9.17) is 4.74 Å². The predicted octanol–water partition coefficient (Wildman–Crippen LogP) is 3.51. The molecule has 1 aliphatic heterocycles. The molecule has 0 spiro atoms. The normalized spacial score (nSPS) is 16.5. The fraction of sp³-hybridized carbons (Fsp3) is 0.500. The number of thioether (sulfide) groups is 1. The molecule has 28 heavy (non-hydrogen) atoms. The Morgan fingerprint density at radius 3 is 2.86 bits per heavy atom. The van der Waals surface area contributed by atoms with E-state index >= 15 is 0 Å². The Morgan fingerprint density at radius 2 is 2.18 bits per heavy atom. The number of anilines is 1. The number of hydrogen-bond acceptors (Lipinski definition) is 6. The Bertz CT molecular complexity index is 844. The molecule has 0 aliphatic carbocycles. The van der Waals surface area contributed by atoms with Gasteiger partial charge in [-0.15, -0.1) is 10.2 Å². The van der Waals surface area contributed by atoms with Crippen LogP contribution in [-0.2, 0) is 16.1 Å². The van der Waals surface area contributed by atoms with Gasteiger partial charge in [0.2, 0.25) is 5.91 Å². The predicted molar refractivity (Wildman–Crippen MR) is 109 cm³/mol. The van der Waals surface area contributed by atoms with Crippen LogP contribution in [0.5, 0.6) is 0 Å². The SMILES string of the molecule is CC(=O)c1cccc(NC(=O)CSc2nnc(C(C)C)n2CC2CCCO2)c1. The molecule has 8 heteroatoms. The van der Waals surface area contributed by atoms with Crippen molar-refractivity contribution in [1.29, 1.82) is 0 Å². The molecule has 1 saturated heterocycles. The molecule has 3 rings (SSSR count). The minimum absolute atomic E-state index is 0.0334. The lowest BCUT2D eigenvalue weighted by Crippen LogP contribution is -2.19. The molecule has 150 valence electrons. The minimum Gasteiger partial charge on any atom is -0.376 e. The van der Waals surface area contributed by atoms with E-state index < -0.39 is 0 Å². The number of carbonyl (C=O) groups is 2. The average Bonchev–Trinajstić information content (AvgIpc) is 3.30. The first-order valence-corrected chi connectivity index (χ1v) is 10.5. The molecule has 0 radical (unpaired) electrons. The van der Waals surface area contributed by atoms with E-state index in [9.17, 15) is 9.59 Å². The third-order valence-electron chi connectivity index (χ3n) is 4.56. The molecule has 1 N–H and O–H groups in total. The Hall–Kier alpha value is -2.19. The standard InChI is InChI=1S/C20H26N4O3S/c1-13(2)19-22-23-20(24(19)11-17-8-5-9-27-17)28-12-18(26)21-16-7-4-6-15(10-16)14(3)25/h4,6-7,10,13,17H,5,8-9,11-12H2,1-3H3,(H,21,26). The van der Waals surface area contributed by atoms with E-state index in [0.717, 1.165) is 30.4 Å². The van der Waals surface area contributed by atoms with E-state index in [0.29, 0.717) is 17.8 Å². The fourth-order valence-corrected chi connectivity index (χ4v) is 3.90. The number of hydrogen-bond donors (Lipinski definition) is 1. The first kappa shape index (κ1) is 20.5. The van der Waals surface area contributed by atoms with Gasteiger partial charge in [0.05, 0.1) is 18.4 Å². The van der Waals surface area contributed by atoms with Gasteiger partial charge in [0.25, 0.3) is 0 Å². The van der Waals surface area contributed by atoms with Crippen molar-refractivity contribution < 1.29 is 14.3 Å². The number of nitrogens with one attached hydrogen (secondary N) is 1. The van der Waals surface area contributed by atoms with Crippen LogP contribution in [0.2, 0.25) is 0 Å². The molecule has 1 aromatic heterocycles. The third-order valence-corrected chi connectivity index (χ3v) is 5.52. The Morgan fingerprint density at radius 1 is 1.36 bits per heavy atom. The van der Waals surface area contributed by atoms with Crippen LogP contribution in [0.3, 0.4) is 0 Å². The number of rotatable bonds is 8. The van der Waals surface area contributed by atoms with Gasteiger partial charge in [-0.3, -0.25) is 9.59 Å². The number of aromatic nitrogens is 3. The van der Waals surface area contributed by atoms with E-state index in [-0.39, 0.29) is 29.5 Å². The van der Waals surface area contributed by atoms with Gasteiger partial charge < -0.3 is 14.6 Å². The van der Waals surface area contributed by atoms with Crippen LogP contribution in [0.25, 0.3) is 0 Å². The molecule has 1 aliphatic rings. The van der Waals surface area contributed by atoms with Crippen molar-refractivity contribution in [2.75, 3.05) is 17.7 Å². The zero-order valence-corrected chi connectivity index (χ0v) is 17.3. The van der Waals surface area contributed by atoms with Crippen LogP contribution in [0, 0.1) is 0 Å². The van der Waals surface area contributed by atoms with Crippen LogP contribution in [-0.4, -0.2) is 44.9 Å². The molecule has 1 amide bonds. The minimum atomic E-state index is -0.150. The second kappa shape index (κ2) is 9.34. The molecular weight excluding hydrogens is 376 g/mol. The second-order valence-electron chi connectivity index (χ2n) is 7.21. The molecule has 0 saturated carbocycles. The van der Waals surface area contributed by atoms with Crippen molar-refractivity contribution in [2.45, 2.75) is 57.3 Å². The lowest BCUT2D eigenvalue weighted by Gasteiger charge is -2.16. The number of ketones is 1. The fourth-order valence-electron chi connectivity index (χ4n) is 3.14. The number of Topliss-reactive ketones (excluding diaryl/α,β-unsaturated/α-hetero) is 1. The van der Waals surface area contributed by atoms with Crippen molar-refractivity contribution in [1.82, 2.24) is 14.8 Å². The van der Waals surface area contributed by atoms with Crippen molar-refractivity contribution >= 4 is 29.1 Å². The molecule has 2 heterocycles. The second-order valence-corrected chi connectivity index (χ2v) is 8.16. The summed E-state index contributed by atoms with van der Waals surface area (Å²) in [5, 5.41) is 12.2. The first-order valence-electron chi connectivity index (χ1n) is 9.52. The summed E-state index contributed by atoms with van der Waals surface area (Å²) in [6, 6.07) is 6.94. The maximum atomic E-state index is 12.4. The summed E-state index contributed by atoms with van der Waals surface area (Å²) in [6.45, 7) is 7.18. The molecular formula is C20H26N4O3S. The summed E-state index contributed by atoms with van der Waals surface area (Å²) in [5.41, 5.74) is 1.19. The Labute approximate surface area is 169 Å². The van der Waals surface area contributed by atoms with Gasteiger partial charge in [0.15, 0.2) is 10.9 Å². The average molecular weight is 403 g/mol. The Kier molecular flexibility index (Phi) is 6.85. The largest absolute Gasteiger partial charge is 0.376 e. The van der Waals surface area contributed by atoms with E-state index in [1.54, 1.807) is 24.3 Å². The molecule has 2 aromatic rings. The highest BCUT2D eigenvalue weighted by molar-refractivity contribution is 7.99. The highest BCUT2D eigenvalue weighted by atomic mass is 32.2. The topological polar surface area (TPSA) is 86.1 Å². The number of amides is 1. The number of carbonyl (C=O) groups excluding carboxylic acids is 2. The number of benzene rings is 1. The summed E-state index contributed by atoms with van der Waals surface area (Å²) in [7, 11) is 0. The summed E-state index contributed by atoms with van der Waals surface area (Å²) in [5.74, 6) is 1.18. The van der Waals surface area contributed by atoms with Gasteiger partial charge in [0.1, 0.15) is 5.82 Å². The van der Waals surface area contributed by atoms with E-state index in [2.05, 4.69) is 33.9 Å². The van der Waals surface area contributed by atoms with Gasteiger partial charge in [-0.2, -0.15) is 0 Å². The van der Waals surface area contributed by atoms with Gasteiger partial charge in [-0.25, -0.2) is 0 Å². The summed E-state index contributed by atoms with van der Waals surface area (Å²) >= 11 is 1.36. The first-order chi connectivity index (χ1) is 13.4. The van der Waals surface area contributed by atoms with Gasteiger partial charge >= 0.3 is 0 Å². The van der Waals surface area contributed by atoms with Crippen LogP contribution >= 0.6 is 11.8 Å². The van der Waals surface area contributed by atoms with E-state index in [1.165, 1.54) is 18.7 Å². The monoisotopic (exact) mass is 402 g/mol. The third kappa shape index (κ3) is 5.20. The Balaban J connectivity index is 1.64. The van der Waals surface area contributed by atoms with Crippen molar-refractivity contribution in [3.8, 4) is 0 Å². The van der Waals surface area contributed by atoms with Crippen molar-refractivity contribution in [3.05, 3.63) is 35.7 Å². The molecule has 1 aromatic carbocycles. The van der Waals surface area contributed by atoms with Gasteiger partial charge in [0, 0.05) is 23.8 Å². The summed E-state index contributed by atoms with van der Waals surface area (Å²) < 4.78 is 7.84. The smallest absolute Gasteiger partial charge is 0.234 e. The molecule has 7 nitrogen and oxygen atoms in total. The molecule has 1 unspecified atom stereocenters. The zero-order chi connectivity index (χ0) is 20.1. The maximum Gasteiger partial charge on any atom is 0.234 e. The molecule has 1 fully saturated rings. The van der Waals surface area contributed by atoms with Crippen molar-refractivity contribution in [2.24, 2.45) is 0 Å². The molecule has 1 atom stereocenters. The van der Waals surface area contributed by atoms with Crippen LogP contribution in [0.4, 0.5) is 5.69 Å². The highest BCUT2D eigenvalue weighted by Crippen LogP contribution is 2.24. The summed E-state index contributed by atoms with van der Waals surface area (Å²) in [6.07, 6.45) is 2.29. The van der Waals surface area contributed by atoms with Gasteiger partial charge in [-0.05, 0) is 31.9 Å². The highest BCUT2D eigenvalue weighted by Gasteiger charge is 2.22. The number of nitrogens with zero attached hydrogens (tertiary/aromatic N) is 3. The molecule has 0 bridgehead atoms. The quantitative estimate of drug-likeness (QED) is 0.537. The maximum absolute atomic E-state index is 12.4. The van der Waals surface area contributed by atoms with E-state index in [1.807, 2.05) is 0 Å². The summed E-state index contributed by atoms with van der Waals surface area (Å²) in [4.78, 5) is 23.9. The van der Waals surface area contributed by atoms with Crippen LogP contribution < -0.4 is 5.32 Å². The number of ether oxygens (including phenoxy) is 1. The van der Waals surface area contributed by atoms with Crippen LogP contribution in [0.15, 0.2) is 29.4 Å². The van der Waals surface area contributed by atoms with Crippen molar-refractivity contribution in [3.63, 3.8) is 0 Å². The lowest BCUT2D eigenvalue weighted by atomic mass is 10.1. The lowest BCUT2D eigenvalue weighted by molar-refractivity contribution is -0.113. The van der Waals surface area contributed by atoms with Crippen LogP contribution in [0.1, 0.15) is 55.7 Å². The van der Waals surface area contributed by atoms with Gasteiger partial charge in [-0.1, -0.05) is 37.7 Å².